The molecule has 26 heavy (non-hydrogen) atoms. The smallest absolute Gasteiger partial charge is 0.335 e. The van der Waals surface area contributed by atoms with E-state index in [9.17, 15) is 14.7 Å². The summed E-state index contributed by atoms with van der Waals surface area (Å²) >= 11 is 3.34. The van der Waals surface area contributed by atoms with Gasteiger partial charge in [-0.05, 0) is 42.3 Å². The molecule has 0 aliphatic heterocycles. The number of hydrogen-bond acceptors (Lipinski definition) is 4. The predicted octanol–water partition coefficient (Wildman–Crippen LogP) is 3.31. The molecule has 0 amide bonds. The monoisotopic (exact) mass is 413 g/mol. The average Bonchev–Trinajstić information content (AvgIpc) is 2.63. The van der Waals surface area contributed by atoms with Crippen LogP contribution in [0.2, 0.25) is 0 Å². The van der Waals surface area contributed by atoms with Crippen LogP contribution in [0.3, 0.4) is 0 Å². The van der Waals surface area contributed by atoms with Crippen LogP contribution in [0.4, 0.5) is 5.69 Å². The number of rotatable bonds is 4. The Morgan fingerprint density at radius 2 is 1.85 bits per heavy atom. The predicted molar refractivity (Wildman–Crippen MR) is 105 cm³/mol. The van der Waals surface area contributed by atoms with E-state index in [0.717, 1.165) is 14.6 Å². The maximum atomic E-state index is 12.3. The Balaban J connectivity index is 2.14. The molecule has 0 fully saturated rings. The molecule has 0 unspecified atom stereocenters. The molecule has 0 saturated carbocycles. The Morgan fingerprint density at radius 3 is 2.54 bits per heavy atom. The summed E-state index contributed by atoms with van der Waals surface area (Å²) in [7, 11) is 0. The number of halogens is 1. The minimum absolute atomic E-state index is 0.0848. The lowest BCUT2D eigenvalue weighted by atomic mass is 10.1. The van der Waals surface area contributed by atoms with E-state index in [1.165, 1.54) is 6.21 Å². The highest BCUT2D eigenvalue weighted by atomic mass is 79.9. The molecule has 3 rings (SSSR count). The Morgan fingerprint density at radius 1 is 1.15 bits per heavy atom. The van der Waals surface area contributed by atoms with E-state index < -0.39 is 17.1 Å². The third-order valence-electron chi connectivity index (χ3n) is 3.90. The number of aliphatic imine (C=N–C) groups is 1. The number of hydrogen-bond donors (Lipinski definition) is 2. The molecule has 1 aromatic heterocycles. The average molecular weight is 414 g/mol. The molecule has 6 nitrogen and oxygen atoms in total. The number of benzene rings is 2. The molecule has 0 bridgehead atoms. The minimum atomic E-state index is -0.700. The van der Waals surface area contributed by atoms with Crippen molar-refractivity contribution < 1.29 is 5.11 Å². The lowest BCUT2D eigenvalue weighted by Gasteiger charge is -2.13. The Bertz CT molecular complexity index is 1080. The lowest BCUT2D eigenvalue weighted by molar-refractivity contribution is 0.429. The Hall–Kier alpha value is -2.93. The van der Waals surface area contributed by atoms with Crippen LogP contribution in [0.25, 0.3) is 5.69 Å². The van der Waals surface area contributed by atoms with E-state index in [1.54, 1.807) is 24.3 Å². The van der Waals surface area contributed by atoms with Crippen molar-refractivity contribution in [2.45, 2.75) is 13.3 Å². The van der Waals surface area contributed by atoms with Gasteiger partial charge in [0.25, 0.3) is 5.56 Å². The summed E-state index contributed by atoms with van der Waals surface area (Å²) in [5.74, 6) is -0.444. The van der Waals surface area contributed by atoms with Gasteiger partial charge in [0, 0.05) is 10.7 Å². The first-order valence-corrected chi connectivity index (χ1v) is 8.76. The number of nitrogens with zero attached hydrogens (tertiary/aromatic N) is 2. The highest BCUT2D eigenvalue weighted by Gasteiger charge is 2.15. The normalized spacial score (nSPS) is 11.2. The van der Waals surface area contributed by atoms with Gasteiger partial charge in [-0.1, -0.05) is 41.1 Å². The maximum absolute atomic E-state index is 12.3. The third-order valence-corrected chi connectivity index (χ3v) is 4.43. The zero-order valence-corrected chi connectivity index (χ0v) is 15.5. The van der Waals surface area contributed by atoms with Crippen molar-refractivity contribution in [3.63, 3.8) is 0 Å². The van der Waals surface area contributed by atoms with Gasteiger partial charge >= 0.3 is 5.69 Å². The number of H-pyrrole nitrogens is 1. The lowest BCUT2D eigenvalue weighted by Crippen LogP contribution is -2.31. The van der Waals surface area contributed by atoms with E-state index in [1.807, 2.05) is 31.2 Å². The molecular formula is C19H16BrN3O3. The van der Waals surface area contributed by atoms with Crippen LogP contribution >= 0.6 is 15.9 Å². The number of aromatic hydroxyl groups is 1. The second-order valence-corrected chi connectivity index (χ2v) is 6.46. The van der Waals surface area contributed by atoms with E-state index in [0.29, 0.717) is 17.8 Å². The Kier molecular flexibility index (Phi) is 5.18. The van der Waals surface area contributed by atoms with Gasteiger partial charge in [0.05, 0.1) is 11.4 Å². The van der Waals surface area contributed by atoms with Crippen LogP contribution in [0.15, 0.2) is 67.6 Å². The molecule has 0 aliphatic rings. The number of para-hydroxylation sites is 1. The summed E-state index contributed by atoms with van der Waals surface area (Å²) < 4.78 is 1.99. The molecule has 3 aromatic rings. The van der Waals surface area contributed by atoms with E-state index in [4.69, 9.17) is 0 Å². The molecule has 0 atom stereocenters. The van der Waals surface area contributed by atoms with Gasteiger partial charge in [0.2, 0.25) is 5.88 Å². The van der Waals surface area contributed by atoms with Crippen LogP contribution in [0.5, 0.6) is 5.88 Å². The van der Waals surface area contributed by atoms with Crippen molar-refractivity contribution in [3.8, 4) is 11.6 Å². The SMILES string of the molecule is CCc1ccccc1-n1c(O)c(C=Nc2ccc(Br)cc2)c(=O)[nH]c1=O. The van der Waals surface area contributed by atoms with Crippen molar-refractivity contribution in [2.24, 2.45) is 4.99 Å². The molecule has 0 saturated heterocycles. The molecule has 0 spiro atoms. The van der Waals surface area contributed by atoms with Gasteiger partial charge in [0.1, 0.15) is 5.56 Å². The molecular weight excluding hydrogens is 398 g/mol. The first-order valence-electron chi connectivity index (χ1n) is 7.97. The highest BCUT2D eigenvalue weighted by molar-refractivity contribution is 9.10. The van der Waals surface area contributed by atoms with Crippen LogP contribution in [0.1, 0.15) is 18.1 Å². The Labute approximate surface area is 157 Å². The second kappa shape index (κ2) is 7.53. The zero-order valence-electron chi connectivity index (χ0n) is 13.9. The standard InChI is InChI=1S/C19H16BrN3O3/c1-2-12-5-3-4-6-16(12)23-18(25)15(17(24)22-19(23)26)11-21-14-9-7-13(20)8-10-14/h3-11,25H,2H2,1H3,(H,22,24,26). The third kappa shape index (κ3) is 3.52. The topological polar surface area (TPSA) is 87.4 Å². The fraction of sp³-hybridized carbons (Fsp3) is 0.105. The fourth-order valence-electron chi connectivity index (χ4n) is 2.57. The van der Waals surface area contributed by atoms with Crippen molar-refractivity contribution in [3.05, 3.63) is 85.0 Å². The summed E-state index contributed by atoms with van der Waals surface area (Å²) in [6.45, 7) is 1.95. The molecule has 2 N–H and O–H groups in total. The first kappa shape index (κ1) is 17.9. The van der Waals surface area contributed by atoms with Crippen LogP contribution in [0, 0.1) is 0 Å². The fourth-order valence-corrected chi connectivity index (χ4v) is 2.84. The van der Waals surface area contributed by atoms with Gasteiger partial charge < -0.3 is 5.11 Å². The number of aromatic nitrogens is 2. The van der Waals surface area contributed by atoms with Crippen molar-refractivity contribution in [1.82, 2.24) is 9.55 Å². The van der Waals surface area contributed by atoms with Crippen molar-refractivity contribution in [2.75, 3.05) is 0 Å². The molecule has 0 radical (unpaired) electrons. The van der Waals surface area contributed by atoms with Gasteiger partial charge in [-0.3, -0.25) is 14.8 Å². The van der Waals surface area contributed by atoms with E-state index in [-0.39, 0.29) is 5.56 Å². The molecule has 132 valence electrons. The zero-order chi connectivity index (χ0) is 18.7. The summed E-state index contributed by atoms with van der Waals surface area (Å²) in [4.78, 5) is 30.9. The van der Waals surface area contributed by atoms with Crippen LogP contribution in [-0.2, 0) is 6.42 Å². The van der Waals surface area contributed by atoms with Gasteiger partial charge in [-0.15, -0.1) is 0 Å². The van der Waals surface area contributed by atoms with E-state index >= 15 is 0 Å². The molecule has 7 heteroatoms. The summed E-state index contributed by atoms with van der Waals surface area (Å²) in [6, 6.07) is 14.3. The number of nitrogens with one attached hydrogen (secondary N) is 1. The number of aromatic amines is 1. The van der Waals surface area contributed by atoms with E-state index in [2.05, 4.69) is 25.9 Å². The van der Waals surface area contributed by atoms with Crippen molar-refractivity contribution >= 4 is 27.8 Å². The molecule has 2 aromatic carbocycles. The molecule has 1 heterocycles. The van der Waals surface area contributed by atoms with Gasteiger partial charge in [0.15, 0.2) is 0 Å². The first-order chi connectivity index (χ1) is 12.5. The van der Waals surface area contributed by atoms with Crippen molar-refractivity contribution in [1.29, 1.82) is 0 Å². The summed E-state index contributed by atoms with van der Waals surface area (Å²) in [6.07, 6.45) is 1.92. The summed E-state index contributed by atoms with van der Waals surface area (Å²) in [5.41, 5.74) is 0.518. The van der Waals surface area contributed by atoms with Crippen LogP contribution < -0.4 is 11.2 Å². The second-order valence-electron chi connectivity index (χ2n) is 5.55. The van der Waals surface area contributed by atoms with Gasteiger partial charge in [-0.2, -0.15) is 0 Å². The van der Waals surface area contributed by atoms with Crippen LogP contribution in [-0.4, -0.2) is 20.9 Å². The maximum Gasteiger partial charge on any atom is 0.335 e. The molecule has 0 aliphatic carbocycles. The van der Waals surface area contributed by atoms with Gasteiger partial charge in [-0.25, -0.2) is 9.36 Å². The largest absolute Gasteiger partial charge is 0.493 e. The number of aryl methyl sites for hydroxylation is 1. The highest BCUT2D eigenvalue weighted by Crippen LogP contribution is 2.21. The minimum Gasteiger partial charge on any atom is -0.493 e. The summed E-state index contributed by atoms with van der Waals surface area (Å²) in [5, 5.41) is 10.6. The quantitative estimate of drug-likeness (QED) is 0.643.